The molecule has 0 amide bonds. The predicted molar refractivity (Wildman–Crippen MR) is 84.7 cm³/mol. The van der Waals surface area contributed by atoms with Gasteiger partial charge in [0.1, 0.15) is 11.6 Å². The van der Waals surface area contributed by atoms with E-state index in [-0.39, 0.29) is 5.82 Å². The zero-order chi connectivity index (χ0) is 14.8. The van der Waals surface area contributed by atoms with Crippen molar-refractivity contribution in [2.75, 3.05) is 5.88 Å². The first-order chi connectivity index (χ1) is 10.2. The number of hydrogen-bond donors (Lipinski definition) is 0. The Morgan fingerprint density at radius 3 is 2.76 bits per heavy atom. The number of hydrogen-bond acceptors (Lipinski definition) is 1. The quantitative estimate of drug-likeness (QED) is 0.639. The van der Waals surface area contributed by atoms with Crippen LogP contribution in [0.25, 0.3) is 11.0 Å². The van der Waals surface area contributed by atoms with Crippen molar-refractivity contribution in [2.24, 2.45) is 0 Å². The number of nitrogens with zero attached hydrogens (tertiary/aromatic N) is 2. The van der Waals surface area contributed by atoms with Gasteiger partial charge >= 0.3 is 0 Å². The fourth-order valence-electron chi connectivity index (χ4n) is 2.42. The van der Waals surface area contributed by atoms with Crippen LogP contribution in [0, 0.1) is 5.82 Å². The lowest BCUT2D eigenvalue weighted by Gasteiger charge is -2.09. The Balaban J connectivity index is 2.10. The molecule has 0 fully saturated rings. The molecule has 0 spiro atoms. The molecule has 0 N–H and O–H groups in total. The Kier molecular flexibility index (Phi) is 4.13. The van der Waals surface area contributed by atoms with E-state index in [1.807, 2.05) is 28.8 Å². The Morgan fingerprint density at radius 1 is 1.14 bits per heavy atom. The molecule has 0 aliphatic rings. The van der Waals surface area contributed by atoms with Gasteiger partial charge in [-0.05, 0) is 35.9 Å². The molecule has 3 aromatic rings. The van der Waals surface area contributed by atoms with Crippen molar-refractivity contribution >= 4 is 34.2 Å². The molecule has 0 atom stereocenters. The van der Waals surface area contributed by atoms with Gasteiger partial charge < -0.3 is 4.57 Å². The molecule has 0 saturated carbocycles. The summed E-state index contributed by atoms with van der Waals surface area (Å²) in [6.45, 7) is 0.542. The summed E-state index contributed by atoms with van der Waals surface area (Å²) >= 11 is 11.9. The van der Waals surface area contributed by atoms with Crippen LogP contribution < -0.4 is 0 Å². The maximum absolute atomic E-state index is 13.4. The molecule has 1 heterocycles. The van der Waals surface area contributed by atoms with Gasteiger partial charge in [0.2, 0.25) is 0 Å². The van der Waals surface area contributed by atoms with Crippen molar-refractivity contribution in [3.63, 3.8) is 0 Å². The lowest BCUT2D eigenvalue weighted by Crippen LogP contribution is -2.06. The number of fused-ring (bicyclic) bond motifs is 1. The highest BCUT2D eigenvalue weighted by Gasteiger charge is 2.11. The minimum atomic E-state index is -0.242. The molecule has 108 valence electrons. The molecule has 0 saturated heterocycles. The third-order valence-corrected chi connectivity index (χ3v) is 3.76. The summed E-state index contributed by atoms with van der Waals surface area (Å²) in [6.07, 6.45) is 0.656. The van der Waals surface area contributed by atoms with E-state index in [1.165, 1.54) is 12.1 Å². The monoisotopic (exact) mass is 322 g/mol. The highest BCUT2D eigenvalue weighted by atomic mass is 35.5. The van der Waals surface area contributed by atoms with Crippen molar-refractivity contribution in [1.29, 1.82) is 0 Å². The Hall–Kier alpha value is -1.58. The van der Waals surface area contributed by atoms with Gasteiger partial charge in [0.05, 0.1) is 11.0 Å². The lowest BCUT2D eigenvalue weighted by molar-refractivity contribution is 0.623. The standard InChI is InChI=1S/C16H13Cl2FN2/c17-7-6-16-20-14-5-4-12(18)9-15(14)21(16)10-11-2-1-3-13(19)8-11/h1-5,8-9H,6-7,10H2. The third kappa shape index (κ3) is 3.04. The van der Waals surface area contributed by atoms with E-state index in [4.69, 9.17) is 23.2 Å². The van der Waals surface area contributed by atoms with Gasteiger partial charge in [-0.1, -0.05) is 23.7 Å². The van der Waals surface area contributed by atoms with Gasteiger partial charge in [0, 0.05) is 23.9 Å². The summed E-state index contributed by atoms with van der Waals surface area (Å²) in [5.41, 5.74) is 2.69. The average Bonchev–Trinajstić information content (AvgIpc) is 2.77. The largest absolute Gasteiger partial charge is 0.323 e. The van der Waals surface area contributed by atoms with E-state index in [2.05, 4.69) is 4.98 Å². The molecular formula is C16H13Cl2FN2. The summed E-state index contributed by atoms with van der Waals surface area (Å²) in [4.78, 5) is 4.59. The molecule has 0 aliphatic carbocycles. The van der Waals surface area contributed by atoms with Crippen LogP contribution in [0.2, 0.25) is 5.02 Å². The van der Waals surface area contributed by atoms with E-state index in [0.717, 1.165) is 22.4 Å². The van der Waals surface area contributed by atoms with Gasteiger partial charge in [-0.25, -0.2) is 9.37 Å². The summed E-state index contributed by atoms with van der Waals surface area (Å²) in [7, 11) is 0. The maximum Gasteiger partial charge on any atom is 0.123 e. The van der Waals surface area contributed by atoms with Crippen molar-refractivity contribution in [1.82, 2.24) is 9.55 Å². The van der Waals surface area contributed by atoms with E-state index >= 15 is 0 Å². The van der Waals surface area contributed by atoms with Crippen molar-refractivity contribution in [3.05, 3.63) is 64.7 Å². The second-order valence-corrected chi connectivity index (χ2v) is 5.63. The fourth-order valence-corrected chi connectivity index (χ4v) is 2.75. The Bertz CT molecular complexity index is 783. The van der Waals surface area contributed by atoms with Crippen molar-refractivity contribution in [2.45, 2.75) is 13.0 Å². The Labute approximate surface area is 132 Å². The minimum absolute atomic E-state index is 0.242. The summed E-state index contributed by atoms with van der Waals surface area (Å²) in [5, 5.41) is 0.653. The summed E-state index contributed by atoms with van der Waals surface area (Å²) < 4.78 is 15.4. The second-order valence-electron chi connectivity index (χ2n) is 4.82. The van der Waals surface area contributed by atoms with Crippen LogP contribution >= 0.6 is 23.2 Å². The van der Waals surface area contributed by atoms with Crippen LogP contribution in [0.4, 0.5) is 4.39 Å². The first kappa shape index (κ1) is 14.4. The molecule has 5 heteroatoms. The van der Waals surface area contributed by atoms with Crippen LogP contribution in [0.1, 0.15) is 11.4 Å². The zero-order valence-corrected chi connectivity index (χ0v) is 12.7. The van der Waals surface area contributed by atoms with Gasteiger partial charge in [-0.3, -0.25) is 0 Å². The van der Waals surface area contributed by atoms with Crippen molar-refractivity contribution < 1.29 is 4.39 Å². The maximum atomic E-state index is 13.4. The molecule has 1 aromatic heterocycles. The van der Waals surface area contributed by atoms with Crippen LogP contribution in [0.5, 0.6) is 0 Å². The molecule has 2 nitrogen and oxygen atoms in total. The molecule has 0 unspecified atom stereocenters. The highest BCUT2D eigenvalue weighted by molar-refractivity contribution is 6.31. The molecule has 0 radical (unpaired) electrons. The summed E-state index contributed by atoms with van der Waals surface area (Å²) in [5.74, 6) is 1.13. The van der Waals surface area contributed by atoms with Gasteiger partial charge in [0.25, 0.3) is 0 Å². The highest BCUT2D eigenvalue weighted by Crippen LogP contribution is 2.22. The number of halogens is 3. The first-order valence-corrected chi connectivity index (χ1v) is 7.53. The minimum Gasteiger partial charge on any atom is -0.323 e. The van der Waals surface area contributed by atoms with E-state index in [1.54, 1.807) is 6.07 Å². The number of aryl methyl sites for hydroxylation is 1. The van der Waals surface area contributed by atoms with Crippen LogP contribution in [0.15, 0.2) is 42.5 Å². The SMILES string of the molecule is Fc1cccc(Cn2c(CCCl)nc3ccc(Cl)cc32)c1. The van der Waals surface area contributed by atoms with Gasteiger partial charge in [0.15, 0.2) is 0 Å². The summed E-state index contributed by atoms with van der Waals surface area (Å²) in [6, 6.07) is 12.1. The van der Waals surface area contributed by atoms with Gasteiger partial charge in [-0.15, -0.1) is 11.6 Å². The number of aromatic nitrogens is 2. The van der Waals surface area contributed by atoms with E-state index < -0.39 is 0 Å². The molecule has 3 rings (SSSR count). The number of alkyl halides is 1. The molecule has 0 bridgehead atoms. The molecular weight excluding hydrogens is 310 g/mol. The number of benzene rings is 2. The normalized spacial score (nSPS) is 11.2. The molecule has 21 heavy (non-hydrogen) atoms. The topological polar surface area (TPSA) is 17.8 Å². The van der Waals surface area contributed by atoms with Crippen LogP contribution in [-0.2, 0) is 13.0 Å². The van der Waals surface area contributed by atoms with Crippen LogP contribution in [0.3, 0.4) is 0 Å². The number of imidazole rings is 1. The third-order valence-electron chi connectivity index (χ3n) is 3.34. The molecule has 2 aromatic carbocycles. The van der Waals surface area contributed by atoms with E-state index in [0.29, 0.717) is 23.9 Å². The number of rotatable bonds is 4. The van der Waals surface area contributed by atoms with Gasteiger partial charge in [-0.2, -0.15) is 0 Å². The fraction of sp³-hybridized carbons (Fsp3) is 0.188. The van der Waals surface area contributed by atoms with Crippen molar-refractivity contribution in [3.8, 4) is 0 Å². The van der Waals surface area contributed by atoms with E-state index in [9.17, 15) is 4.39 Å². The first-order valence-electron chi connectivity index (χ1n) is 6.62. The predicted octanol–water partition coefficient (Wildman–Crippen LogP) is 4.66. The molecule has 0 aliphatic heterocycles. The smallest absolute Gasteiger partial charge is 0.123 e. The Morgan fingerprint density at radius 2 is 2.00 bits per heavy atom. The average molecular weight is 323 g/mol. The zero-order valence-electron chi connectivity index (χ0n) is 11.2. The second kappa shape index (κ2) is 6.04. The lowest BCUT2D eigenvalue weighted by atomic mass is 10.2. The van der Waals surface area contributed by atoms with Crippen LogP contribution in [-0.4, -0.2) is 15.4 Å².